The van der Waals surface area contributed by atoms with E-state index in [1.165, 1.54) is 19.4 Å². The molecule has 0 aromatic carbocycles. The van der Waals surface area contributed by atoms with Gasteiger partial charge in [0.1, 0.15) is 5.56 Å². The minimum atomic E-state index is -0.463. The summed E-state index contributed by atoms with van der Waals surface area (Å²) in [7, 11) is 1.44. The number of hydrogen-bond donors (Lipinski definition) is 2. The van der Waals surface area contributed by atoms with Gasteiger partial charge in [0.2, 0.25) is 0 Å². The fourth-order valence-corrected chi connectivity index (χ4v) is 5.77. The van der Waals surface area contributed by atoms with Crippen LogP contribution in [0.3, 0.4) is 0 Å². The van der Waals surface area contributed by atoms with Gasteiger partial charge in [-0.05, 0) is 62.5 Å². The summed E-state index contributed by atoms with van der Waals surface area (Å²) in [4.78, 5) is 39.5. The van der Waals surface area contributed by atoms with E-state index < -0.39 is 11.0 Å². The summed E-state index contributed by atoms with van der Waals surface area (Å²) in [6.45, 7) is 0. The molecule has 1 aromatic rings. The summed E-state index contributed by atoms with van der Waals surface area (Å²) >= 11 is 0. The molecular weight excluding hydrogens is 308 g/mol. The van der Waals surface area contributed by atoms with E-state index in [1.54, 1.807) is 6.07 Å². The third-order valence-corrected chi connectivity index (χ3v) is 6.12. The standard InChI is InChI=1S/C18H22N2O4/c1-24-16(23)17-6-11-5-12(7-17)9-18(8-11,10-17)20-15(22)13-3-2-4-19-14(13)21/h2-4,11-12H,5-10H2,1H3,(H,19,21)(H,20,22)/t11-,12-,17?,18?/m1/s1. The molecule has 0 spiro atoms. The number of aromatic nitrogens is 1. The van der Waals surface area contributed by atoms with Crippen molar-refractivity contribution in [1.29, 1.82) is 0 Å². The van der Waals surface area contributed by atoms with Crippen molar-refractivity contribution in [2.45, 2.75) is 44.1 Å². The Balaban J connectivity index is 1.63. The number of hydrogen-bond acceptors (Lipinski definition) is 4. The summed E-state index contributed by atoms with van der Waals surface area (Å²) in [6.07, 6.45) is 6.76. The van der Waals surface area contributed by atoms with Gasteiger partial charge in [0, 0.05) is 11.7 Å². The maximum Gasteiger partial charge on any atom is 0.311 e. The fraction of sp³-hybridized carbons (Fsp3) is 0.611. The van der Waals surface area contributed by atoms with Crippen LogP contribution in [0.5, 0.6) is 0 Å². The lowest BCUT2D eigenvalue weighted by Gasteiger charge is -2.60. The highest BCUT2D eigenvalue weighted by Gasteiger charge is 2.61. The summed E-state index contributed by atoms with van der Waals surface area (Å²) in [5.41, 5.74) is -1.12. The number of carbonyl (C=O) groups excluding carboxylic acids is 2. The molecule has 0 unspecified atom stereocenters. The predicted molar refractivity (Wildman–Crippen MR) is 86.4 cm³/mol. The Morgan fingerprint density at radius 2 is 1.96 bits per heavy atom. The molecule has 6 nitrogen and oxygen atoms in total. The molecular formula is C18H22N2O4. The Kier molecular flexibility index (Phi) is 3.34. The number of aromatic amines is 1. The van der Waals surface area contributed by atoms with Crippen molar-refractivity contribution < 1.29 is 14.3 Å². The van der Waals surface area contributed by atoms with E-state index in [0.29, 0.717) is 18.3 Å². The molecule has 0 aliphatic heterocycles. The van der Waals surface area contributed by atoms with Crippen molar-refractivity contribution in [2.75, 3.05) is 7.11 Å². The van der Waals surface area contributed by atoms with Crippen molar-refractivity contribution in [2.24, 2.45) is 17.3 Å². The van der Waals surface area contributed by atoms with Gasteiger partial charge >= 0.3 is 5.97 Å². The maximum atomic E-state index is 12.6. The van der Waals surface area contributed by atoms with Crippen LogP contribution in [0.2, 0.25) is 0 Å². The van der Waals surface area contributed by atoms with Crippen molar-refractivity contribution >= 4 is 11.9 Å². The second-order valence-electron chi connectivity index (χ2n) is 7.88. The number of esters is 1. The van der Waals surface area contributed by atoms with Crippen LogP contribution in [-0.4, -0.2) is 29.5 Å². The van der Waals surface area contributed by atoms with E-state index in [2.05, 4.69) is 10.3 Å². The molecule has 1 aromatic heterocycles. The molecule has 4 fully saturated rings. The van der Waals surface area contributed by atoms with E-state index in [0.717, 1.165) is 32.1 Å². The largest absolute Gasteiger partial charge is 0.469 e. The highest BCUT2D eigenvalue weighted by Crippen LogP contribution is 2.62. The average molecular weight is 330 g/mol. The molecule has 2 N–H and O–H groups in total. The van der Waals surface area contributed by atoms with E-state index in [1.807, 2.05) is 0 Å². The monoisotopic (exact) mass is 330 g/mol. The Labute approximate surface area is 140 Å². The molecule has 2 atom stereocenters. The first-order valence-corrected chi connectivity index (χ1v) is 8.54. The second kappa shape index (κ2) is 5.19. The topological polar surface area (TPSA) is 88.3 Å². The summed E-state index contributed by atoms with van der Waals surface area (Å²) in [6, 6.07) is 3.18. The minimum absolute atomic E-state index is 0.125. The van der Waals surface area contributed by atoms with Gasteiger partial charge in [-0.3, -0.25) is 14.4 Å². The van der Waals surface area contributed by atoms with Crippen LogP contribution in [0, 0.1) is 17.3 Å². The zero-order valence-electron chi connectivity index (χ0n) is 13.8. The van der Waals surface area contributed by atoms with E-state index >= 15 is 0 Å². The van der Waals surface area contributed by atoms with Crippen molar-refractivity contribution in [3.63, 3.8) is 0 Å². The summed E-state index contributed by atoms with van der Waals surface area (Å²) in [5, 5.41) is 3.12. The van der Waals surface area contributed by atoms with Gasteiger partial charge < -0.3 is 15.0 Å². The van der Waals surface area contributed by atoms with Gasteiger partial charge in [-0.1, -0.05) is 0 Å². The molecule has 128 valence electrons. The van der Waals surface area contributed by atoms with E-state index in [9.17, 15) is 14.4 Å². The van der Waals surface area contributed by atoms with Gasteiger partial charge in [0.25, 0.3) is 11.5 Å². The molecule has 5 rings (SSSR count). The van der Waals surface area contributed by atoms with Crippen LogP contribution in [0.4, 0.5) is 0 Å². The van der Waals surface area contributed by atoms with Gasteiger partial charge in [-0.15, -0.1) is 0 Å². The first-order chi connectivity index (χ1) is 11.5. The number of rotatable bonds is 3. The summed E-state index contributed by atoms with van der Waals surface area (Å²) in [5.74, 6) is 0.394. The molecule has 4 saturated carbocycles. The van der Waals surface area contributed by atoms with Crippen molar-refractivity contribution in [3.05, 3.63) is 34.2 Å². The van der Waals surface area contributed by atoms with Crippen LogP contribution in [-0.2, 0) is 9.53 Å². The normalized spacial score (nSPS) is 36.4. The Morgan fingerprint density at radius 3 is 2.58 bits per heavy atom. The quantitative estimate of drug-likeness (QED) is 0.824. The number of nitrogens with one attached hydrogen (secondary N) is 2. The zero-order chi connectivity index (χ0) is 16.9. The third kappa shape index (κ3) is 2.27. The number of pyridine rings is 1. The molecule has 0 radical (unpaired) electrons. The van der Waals surface area contributed by atoms with Gasteiger partial charge in [0.15, 0.2) is 0 Å². The Morgan fingerprint density at radius 1 is 1.25 bits per heavy atom. The van der Waals surface area contributed by atoms with Gasteiger partial charge in [-0.2, -0.15) is 0 Å². The van der Waals surface area contributed by atoms with Crippen LogP contribution in [0.1, 0.15) is 48.9 Å². The van der Waals surface area contributed by atoms with Crippen LogP contribution >= 0.6 is 0 Å². The minimum Gasteiger partial charge on any atom is -0.469 e. The first kappa shape index (κ1) is 15.4. The number of H-pyrrole nitrogens is 1. The number of carbonyl (C=O) groups is 2. The summed E-state index contributed by atoms with van der Waals surface area (Å²) < 4.78 is 5.08. The van der Waals surface area contributed by atoms with Crippen LogP contribution in [0.25, 0.3) is 0 Å². The molecule has 1 heterocycles. The molecule has 4 aliphatic rings. The molecule has 1 amide bonds. The number of amides is 1. The maximum absolute atomic E-state index is 12.6. The van der Waals surface area contributed by atoms with Gasteiger partial charge in [0.05, 0.1) is 12.5 Å². The Bertz CT molecular complexity index is 739. The first-order valence-electron chi connectivity index (χ1n) is 8.54. The van der Waals surface area contributed by atoms with Crippen molar-refractivity contribution in [1.82, 2.24) is 10.3 Å². The molecule has 24 heavy (non-hydrogen) atoms. The third-order valence-electron chi connectivity index (χ3n) is 6.12. The molecule has 4 aliphatic carbocycles. The average Bonchev–Trinajstić information content (AvgIpc) is 2.52. The molecule has 6 heteroatoms. The lowest BCUT2D eigenvalue weighted by molar-refractivity contribution is -0.171. The zero-order valence-corrected chi connectivity index (χ0v) is 13.8. The van der Waals surface area contributed by atoms with Crippen molar-refractivity contribution in [3.8, 4) is 0 Å². The molecule has 0 saturated heterocycles. The smallest absolute Gasteiger partial charge is 0.311 e. The number of ether oxygens (including phenoxy) is 1. The van der Waals surface area contributed by atoms with Gasteiger partial charge in [-0.25, -0.2) is 0 Å². The Hall–Kier alpha value is -2.11. The van der Waals surface area contributed by atoms with E-state index in [4.69, 9.17) is 4.74 Å². The highest BCUT2D eigenvalue weighted by molar-refractivity contribution is 5.94. The fourth-order valence-electron chi connectivity index (χ4n) is 5.77. The highest BCUT2D eigenvalue weighted by atomic mass is 16.5. The predicted octanol–water partition coefficient (Wildman–Crippen LogP) is 1.62. The lowest BCUT2D eigenvalue weighted by Crippen LogP contribution is -2.65. The lowest BCUT2D eigenvalue weighted by atomic mass is 9.47. The van der Waals surface area contributed by atoms with Crippen LogP contribution < -0.4 is 10.9 Å². The SMILES string of the molecule is COC(=O)C12C[C@H]3C[C@@H](CC(NC(=O)c4ccc[nH]c4=O)(C3)C1)C2. The van der Waals surface area contributed by atoms with E-state index in [-0.39, 0.29) is 23.0 Å². The van der Waals surface area contributed by atoms with Crippen LogP contribution in [0.15, 0.2) is 23.1 Å². The second-order valence-corrected chi connectivity index (χ2v) is 7.88. The number of methoxy groups -OCH3 is 1. The molecule has 4 bridgehead atoms.